The molecule has 0 saturated carbocycles. The van der Waals surface area contributed by atoms with E-state index in [-0.39, 0.29) is 5.97 Å². The molecule has 17 heavy (non-hydrogen) atoms. The molecule has 0 fully saturated rings. The molecule has 0 atom stereocenters. The molecule has 102 valence electrons. The van der Waals surface area contributed by atoms with Crippen LogP contribution in [0.4, 0.5) is 0 Å². The predicted molar refractivity (Wildman–Crippen MR) is 66.0 cm³/mol. The summed E-state index contributed by atoms with van der Waals surface area (Å²) in [7, 11) is 1.64. The zero-order chi connectivity index (χ0) is 13.1. The summed E-state index contributed by atoms with van der Waals surface area (Å²) in [5.74, 6) is -0.176. The third-order valence-electron chi connectivity index (χ3n) is 1.78. The molecule has 0 aromatic heterocycles. The number of nitrogens with one attached hydrogen (secondary N) is 1. The average Bonchev–Trinajstić information content (AvgIpc) is 2.19. The van der Waals surface area contributed by atoms with Crippen LogP contribution in [0.3, 0.4) is 0 Å². The smallest absolute Gasteiger partial charge is 0.307 e. The molecule has 5 nitrogen and oxygen atoms in total. The largest absolute Gasteiger partial charge is 0.460 e. The fourth-order valence-corrected chi connectivity index (χ4v) is 1.10. The molecule has 0 spiro atoms. The van der Waals surface area contributed by atoms with E-state index < -0.39 is 5.60 Å². The number of hydrogen-bond acceptors (Lipinski definition) is 5. The van der Waals surface area contributed by atoms with E-state index in [9.17, 15) is 4.79 Å². The molecule has 0 saturated heterocycles. The molecular formula is C12H25NO4. The van der Waals surface area contributed by atoms with Gasteiger partial charge in [0.15, 0.2) is 0 Å². The highest BCUT2D eigenvalue weighted by Crippen LogP contribution is 2.07. The Hall–Kier alpha value is -0.650. The van der Waals surface area contributed by atoms with E-state index in [4.69, 9.17) is 14.2 Å². The van der Waals surface area contributed by atoms with Crippen LogP contribution >= 0.6 is 0 Å². The Morgan fingerprint density at radius 3 is 2.41 bits per heavy atom. The first kappa shape index (κ1) is 16.4. The van der Waals surface area contributed by atoms with Crippen molar-refractivity contribution in [2.75, 3.05) is 40.0 Å². The van der Waals surface area contributed by atoms with E-state index in [1.165, 1.54) is 0 Å². The molecule has 0 radical (unpaired) electrons. The van der Waals surface area contributed by atoms with Crippen LogP contribution < -0.4 is 5.32 Å². The fraction of sp³-hybridized carbons (Fsp3) is 0.917. The Labute approximate surface area is 104 Å². The Morgan fingerprint density at radius 2 is 1.82 bits per heavy atom. The minimum absolute atomic E-state index is 0.176. The minimum atomic E-state index is -0.402. The van der Waals surface area contributed by atoms with Gasteiger partial charge in [-0.25, -0.2) is 0 Å². The summed E-state index contributed by atoms with van der Waals surface area (Å²) in [6.07, 6.45) is 0.384. The molecule has 0 heterocycles. The third kappa shape index (κ3) is 13.3. The van der Waals surface area contributed by atoms with Crippen molar-refractivity contribution in [1.82, 2.24) is 5.32 Å². The molecule has 0 unspecified atom stereocenters. The van der Waals surface area contributed by atoms with E-state index in [1.807, 2.05) is 20.8 Å². The normalized spacial score (nSPS) is 11.5. The van der Waals surface area contributed by atoms with Crippen molar-refractivity contribution in [2.45, 2.75) is 32.8 Å². The Morgan fingerprint density at radius 1 is 1.12 bits per heavy atom. The zero-order valence-corrected chi connectivity index (χ0v) is 11.4. The molecule has 0 rings (SSSR count). The van der Waals surface area contributed by atoms with Gasteiger partial charge in [0, 0.05) is 20.2 Å². The van der Waals surface area contributed by atoms with Crippen molar-refractivity contribution in [3.63, 3.8) is 0 Å². The van der Waals surface area contributed by atoms with Crippen molar-refractivity contribution in [2.24, 2.45) is 0 Å². The number of ether oxygens (including phenoxy) is 3. The van der Waals surface area contributed by atoms with Crippen LogP contribution in [-0.2, 0) is 19.0 Å². The summed E-state index contributed by atoms with van der Waals surface area (Å²) in [5, 5.41) is 3.11. The van der Waals surface area contributed by atoms with Gasteiger partial charge >= 0.3 is 5.97 Å². The molecule has 0 aliphatic rings. The number of hydrogen-bond donors (Lipinski definition) is 1. The predicted octanol–water partition coefficient (Wildman–Crippen LogP) is 0.971. The van der Waals surface area contributed by atoms with Crippen molar-refractivity contribution in [3.05, 3.63) is 0 Å². The molecular weight excluding hydrogens is 222 g/mol. The lowest BCUT2D eigenvalue weighted by Gasteiger charge is -2.19. The highest BCUT2D eigenvalue weighted by molar-refractivity contribution is 5.70. The van der Waals surface area contributed by atoms with Gasteiger partial charge in [0.1, 0.15) is 5.60 Å². The van der Waals surface area contributed by atoms with Crippen LogP contribution in [0.25, 0.3) is 0 Å². The molecule has 0 aromatic rings. The monoisotopic (exact) mass is 247 g/mol. The van der Waals surface area contributed by atoms with E-state index in [1.54, 1.807) is 7.11 Å². The van der Waals surface area contributed by atoms with E-state index >= 15 is 0 Å². The van der Waals surface area contributed by atoms with Crippen molar-refractivity contribution < 1.29 is 19.0 Å². The first-order valence-electron chi connectivity index (χ1n) is 5.95. The second kappa shape index (κ2) is 9.39. The third-order valence-corrected chi connectivity index (χ3v) is 1.78. The SMILES string of the molecule is COCCOCCNCCC(=O)OC(C)(C)C. The number of carbonyl (C=O) groups excluding carboxylic acids is 1. The van der Waals surface area contributed by atoms with Crippen molar-refractivity contribution >= 4 is 5.97 Å². The van der Waals surface area contributed by atoms with Crippen LogP contribution in [-0.4, -0.2) is 51.6 Å². The summed E-state index contributed by atoms with van der Waals surface area (Å²) in [5.41, 5.74) is -0.402. The summed E-state index contributed by atoms with van der Waals surface area (Å²) < 4.78 is 15.3. The lowest BCUT2D eigenvalue weighted by Crippen LogP contribution is -2.28. The Balaban J connectivity index is 3.25. The molecule has 0 amide bonds. The van der Waals surface area contributed by atoms with E-state index in [0.29, 0.717) is 32.8 Å². The van der Waals surface area contributed by atoms with Crippen LogP contribution in [0.1, 0.15) is 27.2 Å². The fourth-order valence-electron chi connectivity index (χ4n) is 1.10. The standard InChI is InChI=1S/C12H25NO4/c1-12(2,3)17-11(14)5-6-13-7-8-16-10-9-15-4/h13H,5-10H2,1-4H3. The topological polar surface area (TPSA) is 56.8 Å². The van der Waals surface area contributed by atoms with Gasteiger partial charge in [0.05, 0.1) is 26.2 Å². The molecule has 0 aliphatic carbocycles. The molecule has 1 N–H and O–H groups in total. The highest BCUT2D eigenvalue weighted by atomic mass is 16.6. The maximum absolute atomic E-state index is 11.3. The quantitative estimate of drug-likeness (QED) is 0.486. The first-order chi connectivity index (χ1) is 7.95. The van der Waals surface area contributed by atoms with Gasteiger partial charge in [0.25, 0.3) is 0 Å². The van der Waals surface area contributed by atoms with Gasteiger partial charge in [-0.15, -0.1) is 0 Å². The van der Waals surface area contributed by atoms with Gasteiger partial charge in [-0.3, -0.25) is 4.79 Å². The summed E-state index contributed by atoms with van der Waals surface area (Å²) in [6, 6.07) is 0. The Bertz CT molecular complexity index is 201. The van der Waals surface area contributed by atoms with Gasteiger partial charge < -0.3 is 19.5 Å². The minimum Gasteiger partial charge on any atom is -0.460 e. The second-order valence-electron chi connectivity index (χ2n) is 4.69. The maximum Gasteiger partial charge on any atom is 0.307 e. The molecule has 0 aromatic carbocycles. The van der Waals surface area contributed by atoms with Crippen LogP contribution in [0, 0.1) is 0 Å². The summed E-state index contributed by atoms with van der Waals surface area (Å²) in [4.78, 5) is 11.3. The lowest BCUT2D eigenvalue weighted by molar-refractivity contribution is -0.154. The van der Waals surface area contributed by atoms with Crippen molar-refractivity contribution in [3.8, 4) is 0 Å². The number of esters is 1. The molecule has 0 bridgehead atoms. The second-order valence-corrected chi connectivity index (χ2v) is 4.69. The lowest BCUT2D eigenvalue weighted by atomic mass is 10.2. The summed E-state index contributed by atoms with van der Waals surface area (Å²) >= 11 is 0. The van der Waals surface area contributed by atoms with Gasteiger partial charge in [-0.1, -0.05) is 0 Å². The maximum atomic E-state index is 11.3. The number of methoxy groups -OCH3 is 1. The van der Waals surface area contributed by atoms with Crippen LogP contribution in [0.15, 0.2) is 0 Å². The van der Waals surface area contributed by atoms with Gasteiger partial charge in [-0.05, 0) is 20.8 Å². The Kier molecular flexibility index (Phi) is 9.03. The first-order valence-corrected chi connectivity index (χ1v) is 5.95. The molecule has 5 heteroatoms. The van der Waals surface area contributed by atoms with E-state index in [2.05, 4.69) is 5.32 Å². The van der Waals surface area contributed by atoms with Gasteiger partial charge in [-0.2, -0.15) is 0 Å². The van der Waals surface area contributed by atoms with Gasteiger partial charge in [0.2, 0.25) is 0 Å². The zero-order valence-electron chi connectivity index (χ0n) is 11.4. The number of rotatable bonds is 9. The van der Waals surface area contributed by atoms with E-state index in [0.717, 1.165) is 6.54 Å². The highest BCUT2D eigenvalue weighted by Gasteiger charge is 2.15. The number of carbonyl (C=O) groups is 1. The van der Waals surface area contributed by atoms with Crippen molar-refractivity contribution in [1.29, 1.82) is 0 Å². The summed E-state index contributed by atoms with van der Waals surface area (Å²) in [6.45, 7) is 8.76. The molecule has 0 aliphatic heterocycles. The van der Waals surface area contributed by atoms with Crippen LogP contribution in [0.2, 0.25) is 0 Å². The average molecular weight is 247 g/mol. The van der Waals surface area contributed by atoms with Crippen LogP contribution in [0.5, 0.6) is 0 Å².